The molecule has 94 valence electrons. The molecule has 0 radical (unpaired) electrons. The fourth-order valence-corrected chi connectivity index (χ4v) is 1.94. The second-order valence-corrected chi connectivity index (χ2v) is 4.66. The summed E-state index contributed by atoms with van der Waals surface area (Å²) < 4.78 is 1.82. The number of hydrogen-bond donors (Lipinski definition) is 2. The molecular weight excluding hydrogens is 234 g/mol. The third-order valence-electron chi connectivity index (χ3n) is 3.40. The van der Waals surface area contributed by atoms with Gasteiger partial charge in [0.2, 0.25) is 5.65 Å². The van der Waals surface area contributed by atoms with Crippen molar-refractivity contribution in [2.24, 2.45) is 5.41 Å². The highest BCUT2D eigenvalue weighted by molar-refractivity contribution is 5.79. The number of fused-ring (bicyclic) bond motifs is 1. The van der Waals surface area contributed by atoms with Crippen molar-refractivity contribution >= 4 is 17.4 Å². The van der Waals surface area contributed by atoms with E-state index >= 15 is 0 Å². The fraction of sp³-hybridized carbons (Fsp3) is 0.455. The van der Waals surface area contributed by atoms with Crippen LogP contribution in [0.4, 0.5) is 5.82 Å². The predicted molar refractivity (Wildman–Crippen MR) is 63.3 cm³/mol. The zero-order valence-electron chi connectivity index (χ0n) is 9.92. The van der Waals surface area contributed by atoms with Crippen LogP contribution in [0.15, 0.2) is 12.4 Å². The van der Waals surface area contributed by atoms with Gasteiger partial charge in [-0.25, -0.2) is 4.98 Å². The first kappa shape index (κ1) is 10.9. The van der Waals surface area contributed by atoms with Crippen LogP contribution in [0.1, 0.15) is 18.7 Å². The molecule has 0 bridgehead atoms. The minimum atomic E-state index is -0.750. The van der Waals surface area contributed by atoms with Gasteiger partial charge in [0.1, 0.15) is 5.82 Å². The van der Waals surface area contributed by atoms with Crippen LogP contribution in [-0.2, 0) is 4.79 Å². The number of rotatable bonds is 4. The molecule has 0 aromatic carbocycles. The largest absolute Gasteiger partial charge is 0.481 e. The molecule has 7 nitrogen and oxygen atoms in total. The van der Waals surface area contributed by atoms with Gasteiger partial charge < -0.3 is 10.4 Å². The van der Waals surface area contributed by atoms with Gasteiger partial charge in [-0.2, -0.15) is 0 Å². The van der Waals surface area contributed by atoms with Crippen LogP contribution in [0.25, 0.3) is 5.65 Å². The summed E-state index contributed by atoms with van der Waals surface area (Å²) in [6.45, 7) is 2.23. The summed E-state index contributed by atoms with van der Waals surface area (Å²) in [4.78, 5) is 15.3. The molecule has 1 aliphatic carbocycles. The van der Waals surface area contributed by atoms with E-state index in [2.05, 4.69) is 20.5 Å². The zero-order chi connectivity index (χ0) is 12.8. The van der Waals surface area contributed by atoms with Crippen molar-refractivity contribution in [1.29, 1.82) is 0 Å². The van der Waals surface area contributed by atoms with E-state index in [1.54, 1.807) is 12.4 Å². The van der Waals surface area contributed by atoms with E-state index in [4.69, 9.17) is 5.11 Å². The minimum Gasteiger partial charge on any atom is -0.481 e. The number of aryl methyl sites for hydroxylation is 1. The Hall–Kier alpha value is -2.18. The third kappa shape index (κ3) is 1.59. The van der Waals surface area contributed by atoms with Crippen LogP contribution < -0.4 is 5.32 Å². The van der Waals surface area contributed by atoms with Gasteiger partial charge in [0.25, 0.3) is 0 Å². The fourth-order valence-electron chi connectivity index (χ4n) is 1.94. The Balaban J connectivity index is 1.85. The summed E-state index contributed by atoms with van der Waals surface area (Å²) in [6.07, 6.45) is 4.85. The maximum atomic E-state index is 11.1. The van der Waals surface area contributed by atoms with Crippen LogP contribution >= 0.6 is 0 Å². The van der Waals surface area contributed by atoms with E-state index in [0.717, 1.165) is 5.82 Å². The van der Waals surface area contributed by atoms with Gasteiger partial charge in [-0.1, -0.05) is 0 Å². The monoisotopic (exact) mass is 247 g/mol. The molecule has 3 rings (SSSR count). The molecule has 2 aromatic heterocycles. The van der Waals surface area contributed by atoms with Gasteiger partial charge >= 0.3 is 5.97 Å². The molecule has 0 saturated heterocycles. The molecule has 2 N–H and O–H groups in total. The molecule has 1 aliphatic rings. The molecule has 2 aromatic rings. The molecule has 0 aliphatic heterocycles. The molecule has 7 heteroatoms. The Morgan fingerprint density at radius 2 is 2.33 bits per heavy atom. The summed E-state index contributed by atoms with van der Waals surface area (Å²) in [5.74, 6) is 0.597. The second-order valence-electron chi connectivity index (χ2n) is 4.66. The maximum absolute atomic E-state index is 11.1. The van der Waals surface area contributed by atoms with Crippen LogP contribution in [0.2, 0.25) is 0 Å². The molecule has 18 heavy (non-hydrogen) atoms. The second kappa shape index (κ2) is 3.66. The van der Waals surface area contributed by atoms with Crippen molar-refractivity contribution < 1.29 is 9.90 Å². The summed E-state index contributed by atoms with van der Waals surface area (Å²) in [5.41, 5.74) is 0.0000202. The molecule has 1 fully saturated rings. The van der Waals surface area contributed by atoms with Crippen molar-refractivity contribution in [1.82, 2.24) is 19.6 Å². The number of nitrogens with one attached hydrogen (secondary N) is 1. The zero-order valence-corrected chi connectivity index (χ0v) is 9.92. The highest BCUT2D eigenvalue weighted by Gasteiger charge is 2.50. The van der Waals surface area contributed by atoms with E-state index in [1.807, 2.05) is 11.3 Å². The van der Waals surface area contributed by atoms with E-state index in [-0.39, 0.29) is 0 Å². The lowest BCUT2D eigenvalue weighted by molar-refractivity contribution is -0.142. The van der Waals surface area contributed by atoms with Gasteiger partial charge in [0.15, 0.2) is 5.82 Å². The number of anilines is 1. The summed E-state index contributed by atoms with van der Waals surface area (Å²) >= 11 is 0. The standard InChI is InChI=1S/C11H13N5O2/c1-7-14-15-9-8(12-4-5-16(7)9)13-6-11(2-3-11)10(17)18/h4-5H,2-3,6H2,1H3,(H,12,13)(H,17,18). The Bertz CT molecular complexity index is 617. The number of carboxylic acids is 1. The summed E-state index contributed by atoms with van der Waals surface area (Å²) in [7, 11) is 0. The van der Waals surface area contributed by atoms with Crippen molar-refractivity contribution in [3.63, 3.8) is 0 Å². The summed E-state index contributed by atoms with van der Waals surface area (Å²) in [5, 5.41) is 20.2. The Labute approximate surface area is 103 Å². The van der Waals surface area contributed by atoms with Gasteiger partial charge in [-0.15, -0.1) is 10.2 Å². The normalized spacial score (nSPS) is 16.7. The van der Waals surface area contributed by atoms with Crippen LogP contribution in [-0.4, -0.2) is 37.2 Å². The first-order valence-corrected chi connectivity index (χ1v) is 5.76. The number of aliphatic carboxylic acids is 1. The molecule has 2 heterocycles. The summed E-state index contributed by atoms with van der Waals surface area (Å²) in [6, 6.07) is 0. The molecule has 0 unspecified atom stereocenters. The van der Waals surface area contributed by atoms with Crippen molar-refractivity contribution in [3.05, 3.63) is 18.2 Å². The minimum absolute atomic E-state index is 0.376. The lowest BCUT2D eigenvalue weighted by atomic mass is 10.1. The van der Waals surface area contributed by atoms with Gasteiger partial charge in [0, 0.05) is 18.9 Å². The number of hydrogen-bond acceptors (Lipinski definition) is 5. The van der Waals surface area contributed by atoms with Crippen LogP contribution in [0.3, 0.4) is 0 Å². The van der Waals surface area contributed by atoms with Gasteiger partial charge in [-0.3, -0.25) is 9.20 Å². The number of aromatic nitrogens is 4. The van der Waals surface area contributed by atoms with Crippen molar-refractivity contribution in [3.8, 4) is 0 Å². The molecule has 0 atom stereocenters. The highest BCUT2D eigenvalue weighted by Crippen LogP contribution is 2.45. The Kier molecular flexibility index (Phi) is 2.22. The number of carbonyl (C=O) groups is 1. The lowest BCUT2D eigenvalue weighted by Gasteiger charge is -2.11. The van der Waals surface area contributed by atoms with E-state index in [0.29, 0.717) is 30.9 Å². The third-order valence-corrected chi connectivity index (χ3v) is 3.40. The van der Waals surface area contributed by atoms with E-state index in [1.165, 1.54) is 0 Å². The first-order valence-electron chi connectivity index (χ1n) is 5.76. The van der Waals surface area contributed by atoms with Crippen LogP contribution in [0.5, 0.6) is 0 Å². The SMILES string of the molecule is Cc1nnc2c(NCC3(C(=O)O)CC3)nccn12. The van der Waals surface area contributed by atoms with Crippen molar-refractivity contribution in [2.75, 3.05) is 11.9 Å². The van der Waals surface area contributed by atoms with Crippen molar-refractivity contribution in [2.45, 2.75) is 19.8 Å². The maximum Gasteiger partial charge on any atom is 0.311 e. The smallest absolute Gasteiger partial charge is 0.311 e. The van der Waals surface area contributed by atoms with E-state index in [9.17, 15) is 4.79 Å². The first-order chi connectivity index (χ1) is 8.62. The Morgan fingerprint density at radius 1 is 1.56 bits per heavy atom. The van der Waals surface area contributed by atoms with Gasteiger partial charge in [-0.05, 0) is 19.8 Å². The average Bonchev–Trinajstić information content (AvgIpc) is 3.07. The van der Waals surface area contributed by atoms with E-state index < -0.39 is 11.4 Å². The predicted octanol–water partition coefficient (Wildman–Crippen LogP) is 0.709. The van der Waals surface area contributed by atoms with Gasteiger partial charge in [0.05, 0.1) is 5.41 Å². The average molecular weight is 247 g/mol. The molecule has 1 saturated carbocycles. The topological polar surface area (TPSA) is 92.4 Å². The lowest BCUT2D eigenvalue weighted by Crippen LogP contribution is -2.24. The molecule has 0 amide bonds. The van der Waals surface area contributed by atoms with Crippen LogP contribution in [0, 0.1) is 12.3 Å². The Morgan fingerprint density at radius 3 is 3.00 bits per heavy atom. The quantitative estimate of drug-likeness (QED) is 0.826. The number of carboxylic acid groups (broad SMARTS) is 1. The highest BCUT2D eigenvalue weighted by atomic mass is 16.4. The number of nitrogens with zero attached hydrogens (tertiary/aromatic N) is 4. The molecule has 0 spiro atoms. The molecular formula is C11H13N5O2.